The summed E-state index contributed by atoms with van der Waals surface area (Å²) in [4.78, 5) is 12.1. The zero-order valence-corrected chi connectivity index (χ0v) is 12.4. The van der Waals surface area contributed by atoms with Gasteiger partial charge in [0.05, 0.1) is 0 Å². The Morgan fingerprint density at radius 3 is 2.53 bits per heavy atom. The Bertz CT molecular complexity index is 581. The van der Waals surface area contributed by atoms with Crippen molar-refractivity contribution in [2.45, 2.75) is 13.0 Å². The van der Waals surface area contributed by atoms with Crippen LogP contribution in [-0.2, 0) is 0 Å². The molecule has 0 bridgehead atoms. The predicted octanol–water partition coefficient (Wildman–Crippen LogP) is 4.08. The van der Waals surface area contributed by atoms with Gasteiger partial charge < -0.3 is 4.74 Å². The Labute approximate surface area is 124 Å². The van der Waals surface area contributed by atoms with Gasteiger partial charge in [0.1, 0.15) is 11.6 Å². The summed E-state index contributed by atoms with van der Waals surface area (Å²) in [7, 11) is 0. The second-order valence-corrected chi connectivity index (χ2v) is 5.33. The van der Waals surface area contributed by atoms with E-state index in [1.54, 1.807) is 13.0 Å². The molecule has 98 valence electrons. The maximum Gasteiger partial charge on any atom is 0.202 e. The summed E-state index contributed by atoms with van der Waals surface area (Å²) in [5.74, 6) is 0.122. The number of ketones is 1. The maximum absolute atomic E-state index is 12.8. The Morgan fingerprint density at radius 2 is 1.89 bits per heavy atom. The zero-order valence-electron chi connectivity index (χ0n) is 10.3. The van der Waals surface area contributed by atoms with E-state index < -0.39 is 6.10 Å². The van der Waals surface area contributed by atoms with Crippen molar-refractivity contribution in [2.75, 3.05) is 0 Å². The first-order valence-electron chi connectivity index (χ1n) is 5.78. The van der Waals surface area contributed by atoms with E-state index in [9.17, 15) is 9.18 Å². The van der Waals surface area contributed by atoms with Crippen LogP contribution in [0.4, 0.5) is 4.39 Å². The lowest BCUT2D eigenvalue weighted by Gasteiger charge is -2.13. The minimum Gasteiger partial charge on any atom is -0.483 e. The SMILES string of the molecule is C[C@H](Oc1cccc(I)c1)C(=O)c1ccc(F)cc1. The number of ether oxygens (including phenoxy) is 1. The number of benzene rings is 2. The largest absolute Gasteiger partial charge is 0.483 e. The number of carbonyl (C=O) groups is 1. The van der Waals surface area contributed by atoms with Crippen LogP contribution in [0.2, 0.25) is 0 Å². The van der Waals surface area contributed by atoms with Crippen molar-refractivity contribution in [2.24, 2.45) is 0 Å². The van der Waals surface area contributed by atoms with E-state index in [-0.39, 0.29) is 11.6 Å². The molecule has 0 heterocycles. The normalized spacial score (nSPS) is 11.9. The summed E-state index contributed by atoms with van der Waals surface area (Å²) in [5.41, 5.74) is 0.444. The summed E-state index contributed by atoms with van der Waals surface area (Å²) < 4.78 is 19.4. The van der Waals surface area contributed by atoms with Crippen LogP contribution in [0.1, 0.15) is 17.3 Å². The van der Waals surface area contributed by atoms with E-state index in [4.69, 9.17) is 4.74 Å². The lowest BCUT2D eigenvalue weighted by molar-refractivity contribution is 0.0818. The summed E-state index contributed by atoms with van der Waals surface area (Å²) in [5, 5.41) is 0. The fraction of sp³-hybridized carbons (Fsp3) is 0.133. The van der Waals surface area contributed by atoms with Crippen LogP contribution < -0.4 is 4.74 Å². The smallest absolute Gasteiger partial charge is 0.202 e. The van der Waals surface area contributed by atoms with Crippen LogP contribution in [-0.4, -0.2) is 11.9 Å². The van der Waals surface area contributed by atoms with Gasteiger partial charge in [-0.05, 0) is 72.0 Å². The molecule has 0 spiro atoms. The van der Waals surface area contributed by atoms with Gasteiger partial charge in [-0.1, -0.05) is 6.07 Å². The first-order valence-corrected chi connectivity index (χ1v) is 6.86. The van der Waals surface area contributed by atoms with Gasteiger partial charge in [-0.15, -0.1) is 0 Å². The van der Waals surface area contributed by atoms with Crippen molar-refractivity contribution in [1.82, 2.24) is 0 Å². The van der Waals surface area contributed by atoms with Crippen LogP contribution >= 0.6 is 22.6 Å². The third-order valence-corrected chi connectivity index (χ3v) is 3.28. The van der Waals surface area contributed by atoms with Crippen LogP contribution in [0.5, 0.6) is 5.75 Å². The van der Waals surface area contributed by atoms with E-state index in [1.165, 1.54) is 24.3 Å². The summed E-state index contributed by atoms with van der Waals surface area (Å²) in [6.07, 6.45) is -0.608. The summed E-state index contributed by atoms with van der Waals surface area (Å²) >= 11 is 2.18. The van der Waals surface area contributed by atoms with Crippen molar-refractivity contribution in [3.05, 3.63) is 63.5 Å². The fourth-order valence-electron chi connectivity index (χ4n) is 1.65. The van der Waals surface area contributed by atoms with E-state index in [1.807, 2.05) is 18.2 Å². The standard InChI is InChI=1S/C15H12FIO2/c1-10(19-14-4-2-3-13(17)9-14)15(18)11-5-7-12(16)8-6-11/h2-10H,1H3/t10-/m0/s1. The number of hydrogen-bond donors (Lipinski definition) is 0. The first kappa shape index (κ1) is 14.0. The first-order chi connectivity index (χ1) is 9.06. The molecule has 0 aromatic heterocycles. The number of carbonyl (C=O) groups excluding carboxylic acids is 1. The minimum absolute atomic E-state index is 0.168. The molecule has 2 rings (SSSR count). The van der Waals surface area contributed by atoms with Crippen LogP contribution in [0.3, 0.4) is 0 Å². The highest BCUT2D eigenvalue weighted by atomic mass is 127. The van der Waals surface area contributed by atoms with E-state index in [0.717, 1.165) is 3.57 Å². The van der Waals surface area contributed by atoms with Gasteiger partial charge in [0.2, 0.25) is 5.78 Å². The van der Waals surface area contributed by atoms with Crippen LogP contribution in [0.25, 0.3) is 0 Å². The third kappa shape index (κ3) is 3.76. The molecule has 1 atom stereocenters. The van der Waals surface area contributed by atoms with Crippen molar-refractivity contribution >= 4 is 28.4 Å². The Kier molecular flexibility index (Phi) is 4.52. The molecule has 0 N–H and O–H groups in total. The molecule has 19 heavy (non-hydrogen) atoms. The molecular weight excluding hydrogens is 358 g/mol. The molecule has 0 aliphatic rings. The highest BCUT2D eigenvalue weighted by molar-refractivity contribution is 14.1. The average Bonchev–Trinajstić information content (AvgIpc) is 2.39. The second kappa shape index (κ2) is 6.14. The van der Waals surface area contributed by atoms with Crippen molar-refractivity contribution in [3.8, 4) is 5.75 Å². The molecule has 2 aromatic carbocycles. The Balaban J connectivity index is 2.09. The van der Waals surface area contributed by atoms with E-state index in [2.05, 4.69) is 22.6 Å². The molecule has 0 amide bonds. The Morgan fingerprint density at radius 1 is 1.21 bits per heavy atom. The molecule has 0 saturated heterocycles. The average molecular weight is 370 g/mol. The number of Topliss-reactive ketones (excluding diaryl/α,β-unsaturated/α-hetero) is 1. The van der Waals surface area contributed by atoms with Crippen LogP contribution in [0, 0.1) is 9.39 Å². The molecule has 0 saturated carbocycles. The highest BCUT2D eigenvalue weighted by Crippen LogP contribution is 2.17. The second-order valence-electron chi connectivity index (χ2n) is 4.09. The van der Waals surface area contributed by atoms with Gasteiger partial charge in [0.25, 0.3) is 0 Å². The van der Waals surface area contributed by atoms with Gasteiger partial charge in [-0.2, -0.15) is 0 Å². The van der Waals surface area contributed by atoms with Crippen LogP contribution in [0.15, 0.2) is 48.5 Å². The van der Waals surface area contributed by atoms with Crippen molar-refractivity contribution < 1.29 is 13.9 Å². The quantitative estimate of drug-likeness (QED) is 0.599. The van der Waals surface area contributed by atoms with Gasteiger partial charge in [-0.25, -0.2) is 4.39 Å². The maximum atomic E-state index is 12.8. The monoisotopic (exact) mass is 370 g/mol. The molecule has 0 aliphatic heterocycles. The minimum atomic E-state index is -0.608. The van der Waals surface area contributed by atoms with Gasteiger partial charge in [-0.3, -0.25) is 4.79 Å². The fourth-order valence-corrected chi connectivity index (χ4v) is 2.16. The number of rotatable bonds is 4. The van der Waals surface area contributed by atoms with Gasteiger partial charge >= 0.3 is 0 Å². The summed E-state index contributed by atoms with van der Waals surface area (Å²) in [6.45, 7) is 1.69. The van der Waals surface area contributed by atoms with Gasteiger partial charge in [0, 0.05) is 9.13 Å². The molecular formula is C15H12FIO2. The van der Waals surface area contributed by atoms with Gasteiger partial charge in [0.15, 0.2) is 6.10 Å². The molecule has 2 aromatic rings. The lowest BCUT2D eigenvalue weighted by Crippen LogP contribution is -2.23. The molecule has 0 unspecified atom stereocenters. The third-order valence-electron chi connectivity index (χ3n) is 2.61. The molecule has 4 heteroatoms. The topological polar surface area (TPSA) is 26.3 Å². The Hall–Kier alpha value is -1.43. The van der Waals surface area contributed by atoms with Crippen molar-refractivity contribution in [3.63, 3.8) is 0 Å². The summed E-state index contributed by atoms with van der Waals surface area (Å²) in [6, 6.07) is 12.9. The predicted molar refractivity (Wildman–Crippen MR) is 80.0 cm³/mol. The molecule has 0 aliphatic carbocycles. The molecule has 0 fully saturated rings. The number of halogens is 2. The highest BCUT2D eigenvalue weighted by Gasteiger charge is 2.16. The van der Waals surface area contributed by atoms with Crippen molar-refractivity contribution in [1.29, 1.82) is 0 Å². The molecule has 2 nitrogen and oxygen atoms in total. The number of hydrogen-bond acceptors (Lipinski definition) is 2. The lowest BCUT2D eigenvalue weighted by atomic mass is 10.1. The zero-order chi connectivity index (χ0) is 13.8. The van der Waals surface area contributed by atoms with E-state index >= 15 is 0 Å². The molecule has 0 radical (unpaired) electrons. The van der Waals surface area contributed by atoms with E-state index in [0.29, 0.717) is 11.3 Å².